The molecule has 2 aromatic carbocycles. The van der Waals surface area contributed by atoms with Gasteiger partial charge in [-0.1, -0.05) is 43.3 Å². The molecule has 0 saturated carbocycles. The van der Waals surface area contributed by atoms with Gasteiger partial charge in [0.05, 0.1) is 4.90 Å². The third-order valence-corrected chi connectivity index (χ3v) is 5.41. The van der Waals surface area contributed by atoms with Crippen molar-refractivity contribution in [3.63, 3.8) is 0 Å². The molecule has 1 amide bonds. The molecular weight excluding hydrogens is 350 g/mol. The van der Waals surface area contributed by atoms with Crippen LogP contribution < -0.4 is 15.4 Å². The highest BCUT2D eigenvalue weighted by molar-refractivity contribution is 7.89. The van der Waals surface area contributed by atoms with Crippen LogP contribution in [0.4, 0.5) is 0 Å². The van der Waals surface area contributed by atoms with Crippen molar-refractivity contribution >= 4 is 15.9 Å². The highest BCUT2D eigenvalue weighted by atomic mass is 32.2. The molecule has 0 aliphatic rings. The Morgan fingerprint density at radius 1 is 1.04 bits per heavy atom. The van der Waals surface area contributed by atoms with Gasteiger partial charge < -0.3 is 10.6 Å². The molecule has 0 saturated heterocycles. The van der Waals surface area contributed by atoms with E-state index in [4.69, 9.17) is 0 Å². The lowest BCUT2D eigenvalue weighted by Crippen LogP contribution is -2.32. The Morgan fingerprint density at radius 3 is 2.46 bits per heavy atom. The minimum absolute atomic E-state index is 0.0691. The summed E-state index contributed by atoms with van der Waals surface area (Å²) in [4.78, 5) is 12.2. The molecule has 2 rings (SSSR count). The molecule has 140 valence electrons. The Hall–Kier alpha value is -2.22. The topological polar surface area (TPSA) is 87.3 Å². The third kappa shape index (κ3) is 5.66. The zero-order chi connectivity index (χ0) is 19.0. The molecule has 2 aromatic rings. The van der Waals surface area contributed by atoms with Crippen molar-refractivity contribution in [2.24, 2.45) is 0 Å². The van der Waals surface area contributed by atoms with E-state index < -0.39 is 10.0 Å². The van der Waals surface area contributed by atoms with E-state index in [1.165, 1.54) is 12.1 Å². The molecular formula is C19H25N3O3S. The molecule has 0 heterocycles. The molecule has 1 atom stereocenters. The maximum Gasteiger partial charge on any atom is 0.251 e. The molecule has 0 radical (unpaired) electrons. The Balaban J connectivity index is 2.08. The van der Waals surface area contributed by atoms with Crippen LogP contribution in [0.5, 0.6) is 0 Å². The summed E-state index contributed by atoms with van der Waals surface area (Å²) in [5.41, 5.74) is 1.19. The first-order valence-corrected chi connectivity index (χ1v) is 10.1. The average Bonchev–Trinajstić information content (AvgIpc) is 2.65. The zero-order valence-corrected chi connectivity index (χ0v) is 15.8. The van der Waals surface area contributed by atoms with E-state index in [9.17, 15) is 13.2 Å². The molecule has 0 bridgehead atoms. The van der Waals surface area contributed by atoms with Crippen molar-refractivity contribution in [1.29, 1.82) is 0 Å². The highest BCUT2D eigenvalue weighted by Gasteiger charge is 2.19. The van der Waals surface area contributed by atoms with E-state index in [1.807, 2.05) is 37.3 Å². The molecule has 1 unspecified atom stereocenters. The third-order valence-electron chi connectivity index (χ3n) is 3.88. The number of carbonyl (C=O) groups excluding carboxylic acids is 1. The fraction of sp³-hybridized carbons (Fsp3) is 0.316. The summed E-state index contributed by atoms with van der Waals surface area (Å²) in [5.74, 6) is -0.295. The van der Waals surface area contributed by atoms with E-state index in [-0.39, 0.29) is 16.8 Å². The normalized spacial score (nSPS) is 12.5. The molecule has 0 aliphatic heterocycles. The largest absolute Gasteiger partial charge is 0.351 e. The predicted octanol–water partition coefficient (Wildman–Crippen LogP) is 2.07. The van der Waals surface area contributed by atoms with Gasteiger partial charge in [0, 0.05) is 24.7 Å². The number of hydrogen-bond donors (Lipinski definition) is 3. The Bertz CT molecular complexity index is 823. The van der Waals surface area contributed by atoms with Crippen molar-refractivity contribution in [3.05, 3.63) is 65.7 Å². The minimum Gasteiger partial charge on any atom is -0.351 e. The quantitative estimate of drug-likeness (QED) is 0.586. The van der Waals surface area contributed by atoms with Crippen molar-refractivity contribution in [1.82, 2.24) is 15.4 Å². The first-order valence-electron chi connectivity index (χ1n) is 8.60. The predicted molar refractivity (Wildman–Crippen MR) is 102 cm³/mol. The first kappa shape index (κ1) is 20.1. The van der Waals surface area contributed by atoms with E-state index in [0.717, 1.165) is 12.1 Å². The van der Waals surface area contributed by atoms with E-state index in [0.29, 0.717) is 18.7 Å². The van der Waals surface area contributed by atoms with Crippen molar-refractivity contribution in [3.8, 4) is 0 Å². The summed E-state index contributed by atoms with van der Waals surface area (Å²) in [6, 6.07) is 15.0. The number of sulfonamides is 1. The van der Waals surface area contributed by atoms with Gasteiger partial charge in [0.15, 0.2) is 0 Å². The van der Waals surface area contributed by atoms with Crippen molar-refractivity contribution < 1.29 is 13.2 Å². The Morgan fingerprint density at radius 2 is 1.77 bits per heavy atom. The Kier molecular flexibility index (Phi) is 7.32. The number of benzene rings is 2. The SMILES string of the molecule is CCNCCNC(=O)c1cccc(S(=O)(=O)NC(C)c2ccccc2)c1. The minimum atomic E-state index is -3.74. The second kappa shape index (κ2) is 9.47. The van der Waals surface area contributed by atoms with Gasteiger partial charge in [-0.3, -0.25) is 4.79 Å². The second-order valence-electron chi connectivity index (χ2n) is 5.89. The lowest BCUT2D eigenvalue weighted by molar-refractivity contribution is 0.0953. The molecule has 0 fully saturated rings. The van der Waals surface area contributed by atoms with E-state index in [2.05, 4.69) is 15.4 Å². The van der Waals surface area contributed by atoms with Gasteiger partial charge in [-0.05, 0) is 37.2 Å². The number of nitrogens with one attached hydrogen (secondary N) is 3. The fourth-order valence-electron chi connectivity index (χ4n) is 2.46. The van der Waals surface area contributed by atoms with Crippen LogP contribution in [0.25, 0.3) is 0 Å². The molecule has 0 spiro atoms. The van der Waals surface area contributed by atoms with Gasteiger partial charge in [-0.15, -0.1) is 0 Å². The summed E-state index contributed by atoms with van der Waals surface area (Å²) >= 11 is 0. The number of rotatable bonds is 9. The van der Waals surface area contributed by atoms with Gasteiger partial charge in [0.25, 0.3) is 5.91 Å². The van der Waals surface area contributed by atoms with Crippen molar-refractivity contribution in [2.75, 3.05) is 19.6 Å². The molecule has 6 nitrogen and oxygen atoms in total. The number of hydrogen-bond acceptors (Lipinski definition) is 4. The molecule has 0 aromatic heterocycles. The molecule has 0 aliphatic carbocycles. The summed E-state index contributed by atoms with van der Waals surface area (Å²) < 4.78 is 27.9. The van der Waals surface area contributed by atoms with Gasteiger partial charge in [-0.25, -0.2) is 13.1 Å². The zero-order valence-electron chi connectivity index (χ0n) is 15.0. The van der Waals surface area contributed by atoms with Crippen LogP contribution in [0, 0.1) is 0 Å². The van der Waals surface area contributed by atoms with E-state index in [1.54, 1.807) is 19.1 Å². The standard InChI is InChI=1S/C19H25N3O3S/c1-3-20-12-13-21-19(23)17-10-7-11-18(14-17)26(24,25)22-15(2)16-8-5-4-6-9-16/h4-11,14-15,20,22H,3,12-13H2,1-2H3,(H,21,23). The Labute approximate surface area is 155 Å². The summed E-state index contributed by atoms with van der Waals surface area (Å²) in [6.45, 7) is 5.74. The first-order chi connectivity index (χ1) is 12.4. The van der Waals surface area contributed by atoms with Crippen LogP contribution in [0.15, 0.2) is 59.5 Å². The highest BCUT2D eigenvalue weighted by Crippen LogP contribution is 2.17. The lowest BCUT2D eigenvalue weighted by Gasteiger charge is -2.15. The average molecular weight is 375 g/mol. The van der Waals surface area contributed by atoms with E-state index >= 15 is 0 Å². The smallest absolute Gasteiger partial charge is 0.251 e. The van der Waals surface area contributed by atoms with Crippen LogP contribution in [-0.4, -0.2) is 34.0 Å². The van der Waals surface area contributed by atoms with Gasteiger partial charge >= 0.3 is 0 Å². The van der Waals surface area contributed by atoms with Gasteiger partial charge in [0.2, 0.25) is 10.0 Å². The monoisotopic (exact) mass is 375 g/mol. The van der Waals surface area contributed by atoms with Crippen LogP contribution in [0.1, 0.15) is 35.8 Å². The van der Waals surface area contributed by atoms with Gasteiger partial charge in [-0.2, -0.15) is 0 Å². The molecule has 26 heavy (non-hydrogen) atoms. The number of carbonyl (C=O) groups is 1. The number of likely N-dealkylation sites (N-methyl/N-ethyl adjacent to an activating group) is 1. The summed E-state index contributed by atoms with van der Waals surface area (Å²) in [7, 11) is -3.74. The van der Waals surface area contributed by atoms with Crippen LogP contribution in [0.3, 0.4) is 0 Å². The lowest BCUT2D eigenvalue weighted by atomic mass is 10.1. The maximum absolute atomic E-state index is 12.6. The van der Waals surface area contributed by atoms with Crippen molar-refractivity contribution in [2.45, 2.75) is 24.8 Å². The number of amides is 1. The summed E-state index contributed by atoms with van der Waals surface area (Å²) in [6.07, 6.45) is 0. The van der Waals surface area contributed by atoms with Gasteiger partial charge in [0.1, 0.15) is 0 Å². The summed E-state index contributed by atoms with van der Waals surface area (Å²) in [5, 5.41) is 5.87. The molecule has 3 N–H and O–H groups in total. The molecule has 7 heteroatoms. The van der Waals surface area contributed by atoms with Crippen LogP contribution in [-0.2, 0) is 10.0 Å². The van der Waals surface area contributed by atoms with Crippen LogP contribution in [0.2, 0.25) is 0 Å². The fourth-order valence-corrected chi connectivity index (χ4v) is 3.74. The van der Waals surface area contributed by atoms with Crippen LogP contribution >= 0.6 is 0 Å². The second-order valence-corrected chi connectivity index (χ2v) is 7.60. The maximum atomic E-state index is 12.6.